The zero-order valence-corrected chi connectivity index (χ0v) is 8.00. The number of hydrogen-bond acceptors (Lipinski definition) is 3. The fourth-order valence-electron chi connectivity index (χ4n) is 1.81. The van der Waals surface area contributed by atoms with Crippen LogP contribution in [0.25, 0.3) is 0 Å². The van der Waals surface area contributed by atoms with Crippen molar-refractivity contribution >= 4 is 0 Å². The zero-order chi connectivity index (χ0) is 9.97. The number of rotatable bonds is 2. The van der Waals surface area contributed by atoms with E-state index < -0.39 is 12.3 Å². The van der Waals surface area contributed by atoms with E-state index in [9.17, 15) is 10.2 Å². The van der Waals surface area contributed by atoms with Gasteiger partial charge in [-0.25, -0.2) is 0 Å². The molecule has 3 heteroatoms. The van der Waals surface area contributed by atoms with Crippen molar-refractivity contribution in [2.75, 3.05) is 6.54 Å². The standard InChI is InChI=1S/C11H15NO2/c13-10-6-7-12(11(10)14)8-9-4-2-1-3-5-9/h1-5,10-11,13-14H,6-8H2. The van der Waals surface area contributed by atoms with Crippen LogP contribution >= 0.6 is 0 Å². The summed E-state index contributed by atoms with van der Waals surface area (Å²) in [4.78, 5) is 1.89. The van der Waals surface area contributed by atoms with Crippen molar-refractivity contribution in [2.45, 2.75) is 25.3 Å². The number of hydrogen-bond donors (Lipinski definition) is 2. The molecule has 0 bridgehead atoms. The topological polar surface area (TPSA) is 43.7 Å². The second-order valence-electron chi connectivity index (χ2n) is 3.73. The highest BCUT2D eigenvalue weighted by molar-refractivity contribution is 5.14. The van der Waals surface area contributed by atoms with E-state index in [1.807, 2.05) is 35.2 Å². The third kappa shape index (κ3) is 1.95. The highest BCUT2D eigenvalue weighted by Crippen LogP contribution is 2.18. The minimum absolute atomic E-state index is 0.585. The van der Waals surface area contributed by atoms with E-state index in [1.165, 1.54) is 5.56 Å². The van der Waals surface area contributed by atoms with Crippen molar-refractivity contribution in [3.8, 4) is 0 Å². The lowest BCUT2D eigenvalue weighted by Crippen LogP contribution is -2.34. The fourth-order valence-corrected chi connectivity index (χ4v) is 1.81. The van der Waals surface area contributed by atoms with Crippen molar-refractivity contribution in [1.29, 1.82) is 0 Å². The van der Waals surface area contributed by atoms with Crippen LogP contribution in [0.1, 0.15) is 12.0 Å². The smallest absolute Gasteiger partial charge is 0.133 e. The average molecular weight is 193 g/mol. The van der Waals surface area contributed by atoms with Crippen molar-refractivity contribution in [3.05, 3.63) is 35.9 Å². The van der Waals surface area contributed by atoms with Crippen LogP contribution < -0.4 is 0 Å². The van der Waals surface area contributed by atoms with Crippen LogP contribution in [0.15, 0.2) is 30.3 Å². The van der Waals surface area contributed by atoms with Gasteiger partial charge in [-0.3, -0.25) is 4.90 Å². The first-order valence-corrected chi connectivity index (χ1v) is 4.91. The molecule has 1 aliphatic rings. The van der Waals surface area contributed by atoms with E-state index in [0.717, 1.165) is 6.54 Å². The molecular weight excluding hydrogens is 178 g/mol. The quantitative estimate of drug-likeness (QED) is 0.721. The lowest BCUT2D eigenvalue weighted by Gasteiger charge is -2.20. The molecule has 76 valence electrons. The average Bonchev–Trinajstić information content (AvgIpc) is 2.52. The molecule has 1 fully saturated rings. The maximum Gasteiger partial charge on any atom is 0.133 e. The van der Waals surface area contributed by atoms with Gasteiger partial charge in [0.25, 0.3) is 0 Å². The molecule has 0 aliphatic carbocycles. The van der Waals surface area contributed by atoms with Crippen LogP contribution in [-0.2, 0) is 6.54 Å². The first-order chi connectivity index (χ1) is 6.77. The van der Waals surface area contributed by atoms with Gasteiger partial charge < -0.3 is 10.2 Å². The molecule has 3 nitrogen and oxygen atoms in total. The molecule has 2 atom stereocenters. The Labute approximate surface area is 83.6 Å². The Morgan fingerprint density at radius 2 is 1.93 bits per heavy atom. The Balaban J connectivity index is 1.99. The Bertz CT molecular complexity index is 289. The summed E-state index contributed by atoms with van der Waals surface area (Å²) in [6.45, 7) is 1.47. The summed E-state index contributed by atoms with van der Waals surface area (Å²) >= 11 is 0. The molecule has 2 N–H and O–H groups in total. The van der Waals surface area contributed by atoms with Gasteiger partial charge >= 0.3 is 0 Å². The summed E-state index contributed by atoms with van der Waals surface area (Å²) in [6.07, 6.45) is -0.623. The summed E-state index contributed by atoms with van der Waals surface area (Å²) < 4.78 is 0. The zero-order valence-electron chi connectivity index (χ0n) is 8.00. The summed E-state index contributed by atoms with van der Waals surface area (Å²) in [5.41, 5.74) is 1.17. The van der Waals surface area contributed by atoms with Crippen molar-refractivity contribution in [2.24, 2.45) is 0 Å². The number of likely N-dealkylation sites (tertiary alicyclic amines) is 1. The van der Waals surface area contributed by atoms with Crippen molar-refractivity contribution in [3.63, 3.8) is 0 Å². The molecule has 1 aromatic carbocycles. The maximum atomic E-state index is 9.59. The molecule has 1 heterocycles. The lowest BCUT2D eigenvalue weighted by atomic mass is 10.2. The molecule has 14 heavy (non-hydrogen) atoms. The Morgan fingerprint density at radius 1 is 1.21 bits per heavy atom. The van der Waals surface area contributed by atoms with E-state index in [-0.39, 0.29) is 0 Å². The molecule has 0 spiro atoms. The molecule has 0 aromatic heterocycles. The molecule has 0 amide bonds. The Hall–Kier alpha value is -0.900. The van der Waals surface area contributed by atoms with Gasteiger partial charge in [0.15, 0.2) is 0 Å². The highest BCUT2D eigenvalue weighted by Gasteiger charge is 2.30. The number of nitrogens with zero attached hydrogens (tertiary/aromatic N) is 1. The van der Waals surface area contributed by atoms with Crippen LogP contribution in [0.2, 0.25) is 0 Å². The van der Waals surface area contributed by atoms with Gasteiger partial charge in [-0.2, -0.15) is 0 Å². The third-order valence-electron chi connectivity index (χ3n) is 2.66. The van der Waals surface area contributed by atoms with E-state index >= 15 is 0 Å². The van der Waals surface area contributed by atoms with Crippen LogP contribution in [-0.4, -0.2) is 34.0 Å². The molecular formula is C11H15NO2. The molecule has 1 saturated heterocycles. The molecule has 1 aliphatic heterocycles. The van der Waals surface area contributed by atoms with E-state index in [2.05, 4.69) is 0 Å². The SMILES string of the molecule is OC1CCN(Cc2ccccc2)C1O. The predicted octanol–water partition coefficient (Wildman–Crippen LogP) is 0.572. The van der Waals surface area contributed by atoms with Gasteiger partial charge in [0.2, 0.25) is 0 Å². The first kappa shape index (κ1) is 9.65. The van der Waals surface area contributed by atoms with Crippen LogP contribution in [0.4, 0.5) is 0 Å². The van der Waals surface area contributed by atoms with Gasteiger partial charge in [-0.1, -0.05) is 30.3 Å². The monoisotopic (exact) mass is 193 g/mol. The van der Waals surface area contributed by atoms with Gasteiger partial charge in [-0.15, -0.1) is 0 Å². The van der Waals surface area contributed by atoms with Gasteiger partial charge in [-0.05, 0) is 12.0 Å². The van der Waals surface area contributed by atoms with Gasteiger partial charge in [0.05, 0.1) is 6.10 Å². The molecule has 0 saturated carbocycles. The number of benzene rings is 1. The summed E-state index contributed by atoms with van der Waals surface area (Å²) in [5, 5.41) is 18.9. The van der Waals surface area contributed by atoms with Crippen molar-refractivity contribution < 1.29 is 10.2 Å². The number of aliphatic hydroxyl groups excluding tert-OH is 2. The normalized spacial score (nSPS) is 28.1. The third-order valence-corrected chi connectivity index (χ3v) is 2.66. The second kappa shape index (κ2) is 4.09. The summed E-state index contributed by atoms with van der Waals surface area (Å²) in [7, 11) is 0. The largest absolute Gasteiger partial charge is 0.389 e. The van der Waals surface area contributed by atoms with E-state index in [1.54, 1.807) is 0 Å². The van der Waals surface area contributed by atoms with Crippen LogP contribution in [0.5, 0.6) is 0 Å². The fraction of sp³-hybridized carbons (Fsp3) is 0.455. The Kier molecular flexibility index (Phi) is 2.82. The molecule has 0 radical (unpaired) electrons. The summed E-state index contributed by atoms with van der Waals surface area (Å²) in [5.74, 6) is 0. The van der Waals surface area contributed by atoms with Gasteiger partial charge in [0, 0.05) is 13.1 Å². The van der Waals surface area contributed by atoms with Crippen LogP contribution in [0, 0.1) is 0 Å². The van der Waals surface area contributed by atoms with Gasteiger partial charge in [0.1, 0.15) is 6.23 Å². The highest BCUT2D eigenvalue weighted by atomic mass is 16.3. The van der Waals surface area contributed by atoms with E-state index in [4.69, 9.17) is 0 Å². The lowest BCUT2D eigenvalue weighted by molar-refractivity contribution is -0.0390. The predicted molar refractivity (Wildman–Crippen MR) is 53.5 cm³/mol. The first-order valence-electron chi connectivity index (χ1n) is 4.91. The molecule has 1 aromatic rings. The molecule has 2 rings (SSSR count). The molecule has 2 unspecified atom stereocenters. The minimum atomic E-state index is -0.699. The van der Waals surface area contributed by atoms with Crippen molar-refractivity contribution in [1.82, 2.24) is 4.90 Å². The summed E-state index contributed by atoms with van der Waals surface area (Å²) in [6, 6.07) is 9.98. The minimum Gasteiger partial charge on any atom is -0.389 e. The maximum absolute atomic E-state index is 9.59. The van der Waals surface area contributed by atoms with Crippen LogP contribution in [0.3, 0.4) is 0 Å². The Morgan fingerprint density at radius 3 is 2.50 bits per heavy atom. The second-order valence-corrected chi connectivity index (χ2v) is 3.73. The van der Waals surface area contributed by atoms with E-state index in [0.29, 0.717) is 13.0 Å². The number of aliphatic hydroxyl groups is 2.